The molecule has 1 saturated carbocycles. The standard InChI is InChI=1S/C14H26N6O/c1-10-11(12(15)17-21)13(20(5)16-10)19(4)9-14(18(2)3)7-6-8-14/h21H,6-9H2,1-5H3,(H2,15,17). The number of nitrogens with zero attached hydrogens (tertiary/aromatic N) is 5. The molecule has 1 aliphatic rings. The molecule has 0 aliphatic heterocycles. The van der Waals surface area contributed by atoms with Gasteiger partial charge in [0.1, 0.15) is 5.82 Å². The van der Waals surface area contributed by atoms with Gasteiger partial charge in [-0.15, -0.1) is 0 Å². The van der Waals surface area contributed by atoms with Crippen LogP contribution in [0, 0.1) is 6.92 Å². The molecular formula is C14H26N6O. The number of nitrogens with two attached hydrogens (primary N) is 1. The first-order valence-corrected chi connectivity index (χ1v) is 7.22. The fraction of sp³-hybridized carbons (Fsp3) is 0.714. The molecule has 7 nitrogen and oxygen atoms in total. The summed E-state index contributed by atoms with van der Waals surface area (Å²) in [7, 11) is 8.18. The first-order valence-electron chi connectivity index (χ1n) is 7.22. The normalized spacial score (nSPS) is 17.9. The van der Waals surface area contributed by atoms with Gasteiger partial charge in [0.2, 0.25) is 0 Å². The van der Waals surface area contributed by atoms with Gasteiger partial charge < -0.3 is 20.7 Å². The Labute approximate surface area is 126 Å². The zero-order valence-electron chi connectivity index (χ0n) is 13.6. The lowest BCUT2D eigenvalue weighted by Gasteiger charge is -2.49. The minimum Gasteiger partial charge on any atom is -0.409 e. The molecule has 1 heterocycles. The molecule has 21 heavy (non-hydrogen) atoms. The number of hydrogen-bond donors (Lipinski definition) is 2. The SMILES string of the molecule is Cc1nn(C)c(N(C)CC2(N(C)C)CCC2)c1C(N)=NO. The molecule has 0 amide bonds. The quantitative estimate of drug-likeness (QED) is 0.362. The number of rotatable bonds is 5. The van der Waals surface area contributed by atoms with Gasteiger partial charge in [0, 0.05) is 26.2 Å². The van der Waals surface area contributed by atoms with E-state index in [0.717, 1.165) is 18.1 Å². The second kappa shape index (κ2) is 5.55. The number of oxime groups is 1. The fourth-order valence-electron chi connectivity index (χ4n) is 3.28. The topological polar surface area (TPSA) is 82.9 Å². The average molecular weight is 294 g/mol. The Kier molecular flexibility index (Phi) is 4.13. The highest BCUT2D eigenvalue weighted by Gasteiger charge is 2.40. The minimum atomic E-state index is 0.106. The molecule has 0 unspecified atom stereocenters. The second-order valence-corrected chi connectivity index (χ2v) is 6.22. The monoisotopic (exact) mass is 294 g/mol. The minimum absolute atomic E-state index is 0.106. The molecule has 1 aliphatic carbocycles. The van der Waals surface area contributed by atoms with Gasteiger partial charge in [-0.3, -0.25) is 4.68 Å². The van der Waals surface area contributed by atoms with Crippen LogP contribution in [0.1, 0.15) is 30.5 Å². The zero-order chi connectivity index (χ0) is 15.8. The molecule has 1 aromatic rings. The van der Waals surface area contributed by atoms with Gasteiger partial charge in [0.15, 0.2) is 5.84 Å². The summed E-state index contributed by atoms with van der Waals surface area (Å²) in [6.07, 6.45) is 3.66. The fourth-order valence-corrected chi connectivity index (χ4v) is 3.28. The van der Waals surface area contributed by atoms with Crippen molar-refractivity contribution in [2.24, 2.45) is 17.9 Å². The van der Waals surface area contributed by atoms with Crippen LogP contribution in [-0.4, -0.2) is 58.9 Å². The summed E-state index contributed by atoms with van der Waals surface area (Å²) in [5, 5.41) is 16.6. The summed E-state index contributed by atoms with van der Waals surface area (Å²) >= 11 is 0. The number of amidine groups is 1. The summed E-state index contributed by atoms with van der Waals surface area (Å²) in [6.45, 7) is 2.76. The molecule has 0 saturated heterocycles. The lowest BCUT2D eigenvalue weighted by atomic mass is 9.75. The summed E-state index contributed by atoms with van der Waals surface area (Å²) in [6, 6.07) is 0. The van der Waals surface area contributed by atoms with Crippen LogP contribution in [0.2, 0.25) is 0 Å². The maximum Gasteiger partial charge on any atom is 0.175 e. The van der Waals surface area contributed by atoms with Crippen molar-refractivity contribution in [1.29, 1.82) is 0 Å². The van der Waals surface area contributed by atoms with E-state index in [1.807, 2.05) is 21.0 Å². The largest absolute Gasteiger partial charge is 0.409 e. The molecule has 118 valence electrons. The summed E-state index contributed by atoms with van der Waals surface area (Å²) in [5.41, 5.74) is 7.50. The van der Waals surface area contributed by atoms with Crippen LogP contribution in [0.15, 0.2) is 5.16 Å². The van der Waals surface area contributed by atoms with Gasteiger partial charge in [-0.1, -0.05) is 5.16 Å². The van der Waals surface area contributed by atoms with Crippen molar-refractivity contribution in [3.8, 4) is 0 Å². The molecule has 0 atom stereocenters. The number of anilines is 1. The maximum absolute atomic E-state index is 9.01. The van der Waals surface area contributed by atoms with Crippen LogP contribution in [0.4, 0.5) is 5.82 Å². The third-order valence-corrected chi connectivity index (χ3v) is 4.68. The highest BCUT2D eigenvalue weighted by molar-refractivity contribution is 6.02. The van der Waals surface area contributed by atoms with E-state index in [-0.39, 0.29) is 11.4 Å². The summed E-state index contributed by atoms with van der Waals surface area (Å²) < 4.78 is 1.80. The van der Waals surface area contributed by atoms with Crippen molar-refractivity contribution < 1.29 is 5.21 Å². The van der Waals surface area contributed by atoms with E-state index in [2.05, 4.69) is 34.1 Å². The van der Waals surface area contributed by atoms with Crippen molar-refractivity contribution in [1.82, 2.24) is 14.7 Å². The number of likely N-dealkylation sites (N-methyl/N-ethyl adjacent to an activating group) is 2. The Balaban J connectivity index is 2.33. The predicted molar refractivity (Wildman–Crippen MR) is 84.0 cm³/mol. The molecule has 7 heteroatoms. The van der Waals surface area contributed by atoms with Crippen molar-refractivity contribution in [3.05, 3.63) is 11.3 Å². The lowest BCUT2D eigenvalue weighted by molar-refractivity contribution is 0.0680. The van der Waals surface area contributed by atoms with E-state index in [1.54, 1.807) is 4.68 Å². The Morgan fingerprint density at radius 3 is 2.48 bits per heavy atom. The molecular weight excluding hydrogens is 268 g/mol. The lowest BCUT2D eigenvalue weighted by Crippen LogP contribution is -2.57. The third-order valence-electron chi connectivity index (χ3n) is 4.68. The van der Waals surface area contributed by atoms with Gasteiger partial charge in [0.25, 0.3) is 0 Å². The molecule has 0 spiro atoms. The van der Waals surface area contributed by atoms with Crippen LogP contribution in [-0.2, 0) is 7.05 Å². The van der Waals surface area contributed by atoms with Gasteiger partial charge >= 0.3 is 0 Å². The van der Waals surface area contributed by atoms with Crippen molar-refractivity contribution in [3.63, 3.8) is 0 Å². The van der Waals surface area contributed by atoms with E-state index in [4.69, 9.17) is 10.9 Å². The molecule has 2 rings (SSSR count). The van der Waals surface area contributed by atoms with Crippen LogP contribution in [0.25, 0.3) is 0 Å². The first-order chi connectivity index (χ1) is 9.82. The Hall–Kier alpha value is -1.76. The number of hydrogen-bond acceptors (Lipinski definition) is 5. The Bertz CT molecular complexity index is 544. The predicted octanol–water partition coefficient (Wildman–Crippen LogP) is 0.744. The highest BCUT2D eigenvalue weighted by Crippen LogP contribution is 2.38. The first kappa shape index (κ1) is 15.6. The van der Waals surface area contributed by atoms with Crippen LogP contribution in [0.5, 0.6) is 0 Å². The molecule has 1 fully saturated rings. The number of aromatic nitrogens is 2. The maximum atomic E-state index is 9.01. The van der Waals surface area contributed by atoms with Crippen LogP contribution >= 0.6 is 0 Å². The highest BCUT2D eigenvalue weighted by atomic mass is 16.4. The van der Waals surface area contributed by atoms with E-state index in [0.29, 0.717) is 5.56 Å². The molecule has 0 aromatic carbocycles. The third kappa shape index (κ3) is 2.57. The smallest absolute Gasteiger partial charge is 0.175 e. The zero-order valence-corrected chi connectivity index (χ0v) is 13.6. The van der Waals surface area contributed by atoms with Crippen LogP contribution < -0.4 is 10.6 Å². The van der Waals surface area contributed by atoms with Gasteiger partial charge in [-0.25, -0.2) is 0 Å². The summed E-state index contributed by atoms with van der Waals surface area (Å²) in [5.74, 6) is 0.992. The Morgan fingerprint density at radius 2 is 2.05 bits per heavy atom. The summed E-state index contributed by atoms with van der Waals surface area (Å²) in [4.78, 5) is 4.46. The average Bonchev–Trinajstić information content (AvgIpc) is 2.67. The van der Waals surface area contributed by atoms with E-state index < -0.39 is 0 Å². The number of aryl methyl sites for hydroxylation is 2. The molecule has 0 bridgehead atoms. The van der Waals surface area contributed by atoms with Gasteiger partial charge in [-0.2, -0.15) is 5.10 Å². The van der Waals surface area contributed by atoms with E-state index in [1.165, 1.54) is 19.3 Å². The molecule has 3 N–H and O–H groups in total. The van der Waals surface area contributed by atoms with Gasteiger partial charge in [0.05, 0.1) is 11.3 Å². The molecule has 1 aromatic heterocycles. The van der Waals surface area contributed by atoms with Crippen molar-refractivity contribution >= 4 is 11.7 Å². The van der Waals surface area contributed by atoms with Crippen LogP contribution in [0.3, 0.4) is 0 Å². The van der Waals surface area contributed by atoms with Gasteiger partial charge in [-0.05, 0) is 40.3 Å². The van der Waals surface area contributed by atoms with E-state index >= 15 is 0 Å². The molecule has 0 radical (unpaired) electrons. The second-order valence-electron chi connectivity index (χ2n) is 6.22. The van der Waals surface area contributed by atoms with E-state index in [9.17, 15) is 0 Å². The van der Waals surface area contributed by atoms with Crippen molar-refractivity contribution in [2.75, 3.05) is 32.6 Å². The van der Waals surface area contributed by atoms with Crippen molar-refractivity contribution in [2.45, 2.75) is 31.7 Å². The Morgan fingerprint density at radius 1 is 1.43 bits per heavy atom.